The first-order chi connectivity index (χ1) is 13.1. The quantitative estimate of drug-likeness (QED) is 0.587. The number of hydrogen-bond acceptors (Lipinski definition) is 5. The SMILES string of the molecule is COC(=O)Cc1ccc(Cc2nc(-c3ccc(Cl)s3)nc3c2CCC3)cc1. The molecule has 0 saturated heterocycles. The van der Waals surface area contributed by atoms with Crippen molar-refractivity contribution in [1.29, 1.82) is 0 Å². The summed E-state index contributed by atoms with van der Waals surface area (Å²) in [6, 6.07) is 11.9. The maximum absolute atomic E-state index is 11.4. The van der Waals surface area contributed by atoms with Gasteiger partial charge in [-0.2, -0.15) is 0 Å². The first-order valence-corrected chi connectivity index (χ1v) is 10.1. The zero-order chi connectivity index (χ0) is 18.8. The number of halogens is 1. The number of rotatable bonds is 5. The molecule has 2 aromatic heterocycles. The standard InChI is InChI=1S/C21H19ClN2O2S/c1-26-20(25)12-14-7-5-13(6-8-14)11-17-15-3-2-4-16(15)23-21(24-17)18-9-10-19(22)27-18/h5-10H,2-4,11-12H2,1H3. The number of benzene rings is 1. The number of carbonyl (C=O) groups is 1. The van der Waals surface area contributed by atoms with Crippen LogP contribution in [0.1, 0.15) is 34.5 Å². The highest BCUT2D eigenvalue weighted by Crippen LogP contribution is 2.32. The molecule has 2 heterocycles. The van der Waals surface area contributed by atoms with Gasteiger partial charge in [0, 0.05) is 12.1 Å². The van der Waals surface area contributed by atoms with Crippen molar-refractivity contribution >= 4 is 28.9 Å². The van der Waals surface area contributed by atoms with Crippen LogP contribution in [0.5, 0.6) is 0 Å². The number of fused-ring (bicyclic) bond motifs is 1. The molecule has 0 atom stereocenters. The number of aryl methyl sites for hydroxylation is 1. The molecule has 0 amide bonds. The van der Waals surface area contributed by atoms with Crippen molar-refractivity contribution in [2.75, 3.05) is 7.11 Å². The fourth-order valence-electron chi connectivity index (χ4n) is 3.41. The summed E-state index contributed by atoms with van der Waals surface area (Å²) in [5.41, 5.74) is 5.68. The summed E-state index contributed by atoms with van der Waals surface area (Å²) in [7, 11) is 1.41. The van der Waals surface area contributed by atoms with E-state index >= 15 is 0 Å². The molecule has 138 valence electrons. The van der Waals surface area contributed by atoms with Gasteiger partial charge >= 0.3 is 5.97 Å². The van der Waals surface area contributed by atoms with Gasteiger partial charge in [-0.15, -0.1) is 11.3 Å². The molecule has 0 bridgehead atoms. The lowest BCUT2D eigenvalue weighted by Gasteiger charge is -2.10. The van der Waals surface area contributed by atoms with E-state index in [-0.39, 0.29) is 5.97 Å². The Labute approximate surface area is 167 Å². The summed E-state index contributed by atoms with van der Waals surface area (Å²) in [6.07, 6.45) is 4.23. The summed E-state index contributed by atoms with van der Waals surface area (Å²) in [4.78, 5) is 22.1. The van der Waals surface area contributed by atoms with Gasteiger partial charge in [-0.05, 0) is 48.1 Å². The number of hydrogen-bond donors (Lipinski definition) is 0. The first kappa shape index (κ1) is 18.1. The van der Waals surface area contributed by atoms with Crippen molar-refractivity contribution in [3.05, 3.63) is 68.8 Å². The van der Waals surface area contributed by atoms with Crippen LogP contribution in [0.2, 0.25) is 4.34 Å². The Morgan fingerprint density at radius 3 is 2.59 bits per heavy atom. The number of thiophene rings is 1. The normalized spacial score (nSPS) is 12.8. The zero-order valence-electron chi connectivity index (χ0n) is 15.0. The molecule has 3 aromatic rings. The van der Waals surface area contributed by atoms with Crippen molar-refractivity contribution in [3.8, 4) is 10.7 Å². The van der Waals surface area contributed by atoms with Crippen LogP contribution in [0.25, 0.3) is 10.7 Å². The van der Waals surface area contributed by atoms with Gasteiger partial charge in [-0.1, -0.05) is 35.9 Å². The second kappa shape index (κ2) is 7.79. The van der Waals surface area contributed by atoms with E-state index in [0.29, 0.717) is 6.42 Å². The molecule has 1 aromatic carbocycles. The van der Waals surface area contributed by atoms with Crippen LogP contribution >= 0.6 is 22.9 Å². The smallest absolute Gasteiger partial charge is 0.309 e. The Morgan fingerprint density at radius 2 is 1.89 bits per heavy atom. The Kier molecular flexibility index (Phi) is 5.23. The van der Waals surface area contributed by atoms with Crippen LogP contribution in [-0.4, -0.2) is 23.0 Å². The van der Waals surface area contributed by atoms with Crippen molar-refractivity contribution in [1.82, 2.24) is 9.97 Å². The third-order valence-corrected chi connectivity index (χ3v) is 6.01. The van der Waals surface area contributed by atoms with Crippen LogP contribution < -0.4 is 0 Å². The average molecular weight is 399 g/mol. The molecule has 6 heteroatoms. The van der Waals surface area contributed by atoms with Gasteiger partial charge in [-0.3, -0.25) is 4.79 Å². The summed E-state index contributed by atoms with van der Waals surface area (Å²) < 4.78 is 5.47. The highest BCUT2D eigenvalue weighted by Gasteiger charge is 2.20. The van der Waals surface area contributed by atoms with Crippen LogP contribution in [0.4, 0.5) is 0 Å². The number of carbonyl (C=O) groups excluding carboxylic acids is 1. The monoisotopic (exact) mass is 398 g/mol. The number of ether oxygens (including phenoxy) is 1. The minimum atomic E-state index is -0.226. The van der Waals surface area contributed by atoms with Crippen molar-refractivity contribution in [2.45, 2.75) is 32.1 Å². The maximum atomic E-state index is 11.4. The lowest BCUT2D eigenvalue weighted by Crippen LogP contribution is -2.05. The lowest BCUT2D eigenvalue weighted by atomic mass is 10.0. The predicted molar refractivity (Wildman–Crippen MR) is 107 cm³/mol. The Hall–Kier alpha value is -2.24. The molecule has 0 saturated carbocycles. The van der Waals surface area contributed by atoms with Gasteiger partial charge in [0.15, 0.2) is 5.82 Å². The average Bonchev–Trinajstić information content (AvgIpc) is 3.32. The predicted octanol–water partition coefficient (Wildman–Crippen LogP) is 4.65. The van der Waals surface area contributed by atoms with Gasteiger partial charge in [0.25, 0.3) is 0 Å². The summed E-state index contributed by atoms with van der Waals surface area (Å²) >= 11 is 7.60. The van der Waals surface area contributed by atoms with Gasteiger partial charge in [0.2, 0.25) is 0 Å². The number of aromatic nitrogens is 2. The maximum Gasteiger partial charge on any atom is 0.309 e. The Bertz CT molecular complexity index is 982. The topological polar surface area (TPSA) is 52.1 Å². The van der Waals surface area contributed by atoms with Gasteiger partial charge < -0.3 is 4.74 Å². The molecule has 0 unspecified atom stereocenters. The van der Waals surface area contributed by atoms with Crippen molar-refractivity contribution < 1.29 is 9.53 Å². The van der Waals surface area contributed by atoms with E-state index < -0.39 is 0 Å². The lowest BCUT2D eigenvalue weighted by molar-refractivity contribution is -0.139. The molecular formula is C21H19ClN2O2S. The Balaban J connectivity index is 1.61. The second-order valence-electron chi connectivity index (χ2n) is 6.62. The second-order valence-corrected chi connectivity index (χ2v) is 8.34. The molecule has 1 aliphatic carbocycles. The molecular weight excluding hydrogens is 380 g/mol. The number of nitrogens with zero attached hydrogens (tertiary/aromatic N) is 2. The van der Waals surface area contributed by atoms with Gasteiger partial charge in [0.1, 0.15) is 0 Å². The summed E-state index contributed by atoms with van der Waals surface area (Å²) in [5, 5.41) is 0. The van der Waals surface area contributed by atoms with Gasteiger partial charge in [0.05, 0.1) is 28.4 Å². The van der Waals surface area contributed by atoms with E-state index in [0.717, 1.165) is 52.0 Å². The molecule has 0 fully saturated rings. The molecule has 0 spiro atoms. The molecule has 1 aliphatic rings. The van der Waals surface area contributed by atoms with Crippen LogP contribution in [0, 0.1) is 0 Å². The molecule has 4 nitrogen and oxygen atoms in total. The summed E-state index contributed by atoms with van der Waals surface area (Å²) in [5.74, 6) is 0.542. The highest BCUT2D eigenvalue weighted by molar-refractivity contribution is 7.19. The fraction of sp³-hybridized carbons (Fsp3) is 0.286. The molecule has 4 rings (SSSR count). The van der Waals surface area contributed by atoms with Gasteiger partial charge in [-0.25, -0.2) is 9.97 Å². The van der Waals surface area contributed by atoms with Crippen LogP contribution in [0.3, 0.4) is 0 Å². The highest BCUT2D eigenvalue weighted by atomic mass is 35.5. The third kappa shape index (κ3) is 4.04. The largest absolute Gasteiger partial charge is 0.469 e. The van der Waals surface area contributed by atoms with E-state index in [4.69, 9.17) is 26.3 Å². The van der Waals surface area contributed by atoms with E-state index in [1.807, 2.05) is 24.3 Å². The van der Waals surface area contributed by atoms with Crippen LogP contribution in [-0.2, 0) is 35.2 Å². The Morgan fingerprint density at radius 1 is 1.11 bits per heavy atom. The first-order valence-electron chi connectivity index (χ1n) is 8.91. The van der Waals surface area contributed by atoms with Crippen LogP contribution in [0.15, 0.2) is 36.4 Å². The molecule has 0 radical (unpaired) electrons. The van der Waals surface area contributed by atoms with E-state index in [1.54, 1.807) is 0 Å². The number of methoxy groups -OCH3 is 1. The van der Waals surface area contributed by atoms with E-state index in [9.17, 15) is 4.79 Å². The van der Waals surface area contributed by atoms with Crippen molar-refractivity contribution in [2.24, 2.45) is 0 Å². The number of esters is 1. The molecule has 27 heavy (non-hydrogen) atoms. The molecule has 0 aliphatic heterocycles. The minimum absolute atomic E-state index is 0.226. The summed E-state index contributed by atoms with van der Waals surface area (Å²) in [6.45, 7) is 0. The van der Waals surface area contributed by atoms with E-state index in [2.05, 4.69) is 12.1 Å². The third-order valence-electron chi connectivity index (χ3n) is 4.78. The molecule has 0 N–H and O–H groups in total. The van der Waals surface area contributed by atoms with E-state index in [1.165, 1.54) is 35.3 Å². The zero-order valence-corrected chi connectivity index (χ0v) is 16.6. The minimum Gasteiger partial charge on any atom is -0.469 e. The van der Waals surface area contributed by atoms with Crippen molar-refractivity contribution in [3.63, 3.8) is 0 Å². The fourth-order valence-corrected chi connectivity index (χ4v) is 4.39.